The van der Waals surface area contributed by atoms with Gasteiger partial charge in [0.05, 0.1) is 11.5 Å². The highest BCUT2D eigenvalue weighted by atomic mass is 32.2. The van der Waals surface area contributed by atoms with Gasteiger partial charge < -0.3 is 0 Å². The van der Waals surface area contributed by atoms with E-state index in [1.165, 1.54) is 48.2 Å². The quantitative estimate of drug-likeness (QED) is 0.217. The molecule has 156 valence electrons. The van der Waals surface area contributed by atoms with Gasteiger partial charge in [-0.2, -0.15) is 0 Å². The van der Waals surface area contributed by atoms with Crippen molar-refractivity contribution in [3.05, 3.63) is 106 Å². The molecule has 31 heavy (non-hydrogen) atoms. The maximum absolute atomic E-state index is 13.2. The second-order valence-electron chi connectivity index (χ2n) is 6.72. The minimum atomic E-state index is -0.464. The van der Waals surface area contributed by atoms with Gasteiger partial charge in [-0.05, 0) is 47.5 Å². The van der Waals surface area contributed by atoms with Crippen molar-refractivity contribution in [1.29, 1.82) is 0 Å². The molecule has 0 N–H and O–H groups in total. The normalized spacial score (nSPS) is 10.9. The highest BCUT2D eigenvalue weighted by Crippen LogP contribution is 2.26. The first-order valence-corrected chi connectivity index (χ1v) is 10.3. The minimum absolute atomic E-state index is 0.0135. The first-order chi connectivity index (χ1) is 15.0. The molecule has 4 rings (SSSR count). The maximum Gasteiger partial charge on any atom is 0.269 e. The Morgan fingerprint density at radius 2 is 1.45 bits per heavy atom. The Bertz CT molecular complexity index is 1190. The van der Waals surface area contributed by atoms with E-state index >= 15 is 0 Å². The summed E-state index contributed by atoms with van der Waals surface area (Å²) in [6, 6.07) is 18.4. The predicted octanol–water partition coefficient (Wildman–Crippen LogP) is 5.47. The van der Waals surface area contributed by atoms with Gasteiger partial charge in [0.2, 0.25) is 0 Å². The lowest BCUT2D eigenvalue weighted by Crippen LogP contribution is -2.04. The largest absolute Gasteiger partial charge is 0.269 e. The second-order valence-corrected chi connectivity index (χ2v) is 7.66. The van der Waals surface area contributed by atoms with Gasteiger partial charge >= 0.3 is 0 Å². The number of aromatic nitrogens is 3. The Labute approximate surface area is 180 Å². The Kier molecular flexibility index (Phi) is 6.03. The number of benzene rings is 3. The summed E-state index contributed by atoms with van der Waals surface area (Å²) in [5.41, 5.74) is 2.41. The van der Waals surface area contributed by atoms with Crippen molar-refractivity contribution in [2.75, 3.05) is 0 Å². The SMILES string of the molecule is O=[N+]([O-])c1ccc(-c2nc(SCc3ccc(F)cc3)n(Cc3ccc(F)cc3)n2)cc1. The molecule has 0 aliphatic heterocycles. The van der Waals surface area contributed by atoms with E-state index in [0.29, 0.717) is 28.8 Å². The van der Waals surface area contributed by atoms with E-state index < -0.39 is 4.92 Å². The van der Waals surface area contributed by atoms with Crippen LogP contribution in [0.15, 0.2) is 78.0 Å². The molecule has 6 nitrogen and oxygen atoms in total. The number of nitro groups is 1. The van der Waals surface area contributed by atoms with Gasteiger partial charge in [-0.3, -0.25) is 10.1 Å². The van der Waals surface area contributed by atoms with Crippen molar-refractivity contribution < 1.29 is 13.7 Å². The number of rotatable bonds is 7. The molecule has 0 aliphatic carbocycles. The zero-order valence-electron chi connectivity index (χ0n) is 16.1. The molecular formula is C22H16F2N4O2S. The summed E-state index contributed by atoms with van der Waals surface area (Å²) in [5, 5.41) is 16.1. The zero-order chi connectivity index (χ0) is 21.8. The average Bonchev–Trinajstić information content (AvgIpc) is 3.17. The first kappa shape index (κ1) is 20.7. The first-order valence-electron chi connectivity index (χ1n) is 9.29. The second kappa shape index (κ2) is 9.05. The van der Waals surface area contributed by atoms with Gasteiger partial charge in [-0.15, -0.1) is 5.10 Å². The molecule has 0 amide bonds. The molecule has 4 aromatic rings. The van der Waals surface area contributed by atoms with Gasteiger partial charge in [0.15, 0.2) is 11.0 Å². The minimum Gasteiger partial charge on any atom is -0.258 e. The molecule has 0 spiro atoms. The van der Waals surface area contributed by atoms with E-state index in [1.54, 1.807) is 41.1 Å². The van der Waals surface area contributed by atoms with Crippen LogP contribution in [0.3, 0.4) is 0 Å². The number of hydrogen-bond donors (Lipinski definition) is 0. The fourth-order valence-corrected chi connectivity index (χ4v) is 3.78. The van der Waals surface area contributed by atoms with Crippen LogP contribution in [0.1, 0.15) is 11.1 Å². The summed E-state index contributed by atoms with van der Waals surface area (Å²) >= 11 is 1.44. The summed E-state index contributed by atoms with van der Waals surface area (Å²) in [4.78, 5) is 15.0. The highest BCUT2D eigenvalue weighted by molar-refractivity contribution is 7.98. The maximum atomic E-state index is 13.2. The molecule has 0 fully saturated rings. The van der Waals surface area contributed by atoms with E-state index in [4.69, 9.17) is 0 Å². The zero-order valence-corrected chi connectivity index (χ0v) is 16.9. The van der Waals surface area contributed by atoms with E-state index in [-0.39, 0.29) is 17.3 Å². The third kappa shape index (κ3) is 5.13. The van der Waals surface area contributed by atoms with Crippen LogP contribution in [0.4, 0.5) is 14.5 Å². The average molecular weight is 438 g/mol. The van der Waals surface area contributed by atoms with Gasteiger partial charge in [-0.1, -0.05) is 36.0 Å². The number of thioether (sulfide) groups is 1. The third-order valence-electron chi connectivity index (χ3n) is 4.50. The lowest BCUT2D eigenvalue weighted by molar-refractivity contribution is -0.384. The molecule has 1 aromatic heterocycles. The molecule has 0 atom stereocenters. The van der Waals surface area contributed by atoms with E-state index in [1.807, 2.05) is 0 Å². The molecule has 0 radical (unpaired) electrons. The van der Waals surface area contributed by atoms with Gasteiger partial charge in [0.1, 0.15) is 11.6 Å². The molecule has 0 unspecified atom stereocenters. The summed E-state index contributed by atoms with van der Waals surface area (Å²) in [6.07, 6.45) is 0. The van der Waals surface area contributed by atoms with Crippen LogP contribution in [0.5, 0.6) is 0 Å². The summed E-state index contributed by atoms with van der Waals surface area (Å²) in [7, 11) is 0. The van der Waals surface area contributed by atoms with Crippen molar-refractivity contribution >= 4 is 17.4 Å². The van der Waals surface area contributed by atoms with Crippen LogP contribution in [-0.2, 0) is 12.3 Å². The van der Waals surface area contributed by atoms with Crippen molar-refractivity contribution in [2.24, 2.45) is 0 Å². The third-order valence-corrected chi connectivity index (χ3v) is 5.54. The number of nitro benzene ring substituents is 1. The fourth-order valence-electron chi connectivity index (χ4n) is 2.88. The van der Waals surface area contributed by atoms with Crippen LogP contribution >= 0.6 is 11.8 Å². The number of hydrogen-bond acceptors (Lipinski definition) is 5. The summed E-state index contributed by atoms with van der Waals surface area (Å²) in [6.45, 7) is 0.381. The van der Waals surface area contributed by atoms with Crippen LogP contribution < -0.4 is 0 Å². The fraction of sp³-hybridized carbons (Fsp3) is 0.0909. The van der Waals surface area contributed by atoms with Crippen LogP contribution in [0.2, 0.25) is 0 Å². The topological polar surface area (TPSA) is 73.8 Å². The predicted molar refractivity (Wildman–Crippen MR) is 114 cm³/mol. The van der Waals surface area contributed by atoms with Gasteiger partial charge in [-0.25, -0.2) is 18.4 Å². The van der Waals surface area contributed by atoms with Crippen LogP contribution in [-0.4, -0.2) is 19.7 Å². The molecule has 0 saturated heterocycles. The van der Waals surface area contributed by atoms with Crippen LogP contribution in [0.25, 0.3) is 11.4 Å². The smallest absolute Gasteiger partial charge is 0.258 e. The number of nitrogens with zero attached hydrogens (tertiary/aromatic N) is 4. The van der Waals surface area contributed by atoms with Crippen molar-refractivity contribution in [3.8, 4) is 11.4 Å². The van der Waals surface area contributed by atoms with E-state index in [0.717, 1.165) is 11.1 Å². The standard InChI is InChI=1S/C22H16F2N4O2S/c23-18-7-1-15(2-8-18)13-27-22(31-14-16-3-9-19(24)10-4-16)25-21(26-27)17-5-11-20(12-6-17)28(29)30/h1-12H,13-14H2. The monoisotopic (exact) mass is 438 g/mol. The Morgan fingerprint density at radius 3 is 2.03 bits per heavy atom. The molecule has 0 aliphatic rings. The van der Waals surface area contributed by atoms with E-state index in [9.17, 15) is 18.9 Å². The number of non-ortho nitro benzene ring substituents is 1. The molecule has 0 saturated carbocycles. The lowest BCUT2D eigenvalue weighted by atomic mass is 10.2. The van der Waals surface area contributed by atoms with E-state index in [2.05, 4.69) is 10.1 Å². The summed E-state index contributed by atoms with van der Waals surface area (Å²) < 4.78 is 28.1. The Balaban J connectivity index is 1.62. The van der Waals surface area contributed by atoms with Crippen molar-refractivity contribution in [3.63, 3.8) is 0 Å². The molecule has 0 bridgehead atoms. The van der Waals surface area contributed by atoms with Gasteiger partial charge in [0, 0.05) is 23.4 Å². The lowest BCUT2D eigenvalue weighted by Gasteiger charge is -2.06. The Hall–Kier alpha value is -3.59. The number of halogens is 2. The molecule has 9 heteroatoms. The van der Waals surface area contributed by atoms with Crippen molar-refractivity contribution in [2.45, 2.75) is 17.5 Å². The van der Waals surface area contributed by atoms with Crippen LogP contribution in [0, 0.1) is 21.7 Å². The molecular weight excluding hydrogens is 422 g/mol. The summed E-state index contributed by atoms with van der Waals surface area (Å²) in [5.74, 6) is 0.370. The Morgan fingerprint density at radius 1 is 0.871 bits per heavy atom. The van der Waals surface area contributed by atoms with Gasteiger partial charge in [0.25, 0.3) is 5.69 Å². The highest BCUT2D eigenvalue weighted by Gasteiger charge is 2.14. The molecule has 3 aromatic carbocycles. The van der Waals surface area contributed by atoms with Crippen molar-refractivity contribution in [1.82, 2.24) is 14.8 Å². The molecule has 1 heterocycles.